The third-order valence-corrected chi connectivity index (χ3v) is 2.37. The number of pyridine rings is 1. The molecule has 0 unspecified atom stereocenters. The molecule has 84 valence electrons. The predicted molar refractivity (Wildman–Crippen MR) is 54.3 cm³/mol. The number of aliphatic hydroxyl groups excluding tert-OH is 1. The average Bonchev–Trinajstić information content (AvgIpc) is 2.07. The number of rotatable bonds is 2. The zero-order valence-corrected chi connectivity index (χ0v) is 9.76. The summed E-state index contributed by atoms with van der Waals surface area (Å²) in [5.41, 5.74) is 0.797. The van der Waals surface area contributed by atoms with Crippen molar-refractivity contribution in [2.24, 2.45) is 0 Å². The maximum Gasteiger partial charge on any atom is 0.574 e. The van der Waals surface area contributed by atoms with E-state index in [0.29, 0.717) is 5.56 Å². The van der Waals surface area contributed by atoms with Crippen LogP contribution in [0.3, 0.4) is 0 Å². The molecule has 0 aliphatic heterocycles. The minimum atomic E-state index is -4.77. The Morgan fingerprint density at radius 3 is 2.60 bits per heavy atom. The van der Waals surface area contributed by atoms with Crippen molar-refractivity contribution in [3.05, 3.63) is 20.9 Å². The van der Waals surface area contributed by atoms with Gasteiger partial charge in [-0.25, -0.2) is 4.98 Å². The van der Waals surface area contributed by atoms with Crippen LogP contribution in [-0.4, -0.2) is 16.5 Å². The first-order valence-corrected chi connectivity index (χ1v) is 4.94. The zero-order chi connectivity index (χ0) is 11.6. The first-order chi connectivity index (χ1) is 6.83. The highest BCUT2D eigenvalue weighted by molar-refractivity contribution is 14.1. The van der Waals surface area contributed by atoms with Crippen molar-refractivity contribution in [1.82, 2.24) is 4.98 Å². The van der Waals surface area contributed by atoms with E-state index < -0.39 is 18.8 Å². The highest BCUT2D eigenvalue weighted by atomic mass is 127. The van der Waals surface area contributed by atoms with Gasteiger partial charge >= 0.3 is 6.36 Å². The molecule has 7 heteroatoms. The fourth-order valence-corrected chi connectivity index (χ4v) is 1.64. The molecule has 0 spiro atoms. The highest BCUT2D eigenvalue weighted by Crippen LogP contribution is 2.27. The van der Waals surface area contributed by atoms with Gasteiger partial charge in [-0.3, -0.25) is 0 Å². The topological polar surface area (TPSA) is 42.4 Å². The molecule has 1 aromatic rings. The summed E-state index contributed by atoms with van der Waals surface area (Å²) in [6.07, 6.45) is -4.77. The lowest BCUT2D eigenvalue weighted by molar-refractivity contribution is -0.276. The highest BCUT2D eigenvalue weighted by Gasteiger charge is 2.33. The maximum atomic E-state index is 11.9. The van der Waals surface area contributed by atoms with E-state index in [4.69, 9.17) is 5.11 Å². The van der Waals surface area contributed by atoms with E-state index in [0.717, 1.165) is 0 Å². The number of hydrogen-bond donors (Lipinski definition) is 1. The van der Waals surface area contributed by atoms with Gasteiger partial charge in [0.25, 0.3) is 0 Å². The molecule has 0 atom stereocenters. The molecular weight excluding hydrogens is 326 g/mol. The molecule has 15 heavy (non-hydrogen) atoms. The van der Waals surface area contributed by atoms with Crippen LogP contribution < -0.4 is 4.74 Å². The van der Waals surface area contributed by atoms with Gasteiger partial charge in [0.2, 0.25) is 5.88 Å². The van der Waals surface area contributed by atoms with E-state index in [9.17, 15) is 13.2 Å². The smallest absolute Gasteiger partial charge is 0.390 e. The summed E-state index contributed by atoms with van der Waals surface area (Å²) >= 11 is 1.69. The quantitative estimate of drug-likeness (QED) is 0.845. The van der Waals surface area contributed by atoms with Crippen LogP contribution in [0.25, 0.3) is 0 Å². The van der Waals surface area contributed by atoms with Crippen LogP contribution in [0.1, 0.15) is 11.3 Å². The molecule has 0 saturated carbocycles. The van der Waals surface area contributed by atoms with E-state index >= 15 is 0 Å². The molecule has 1 N–H and O–H groups in total. The van der Waals surface area contributed by atoms with Crippen LogP contribution in [0.4, 0.5) is 13.2 Å². The molecule has 1 aromatic heterocycles. The third-order valence-electron chi connectivity index (χ3n) is 1.60. The Bertz CT molecular complexity index is 368. The van der Waals surface area contributed by atoms with Crippen LogP contribution in [0.2, 0.25) is 0 Å². The summed E-state index contributed by atoms with van der Waals surface area (Å²) in [7, 11) is 0. The van der Waals surface area contributed by atoms with Crippen molar-refractivity contribution in [1.29, 1.82) is 0 Å². The van der Waals surface area contributed by atoms with Crippen LogP contribution in [0.15, 0.2) is 6.07 Å². The molecule has 0 bridgehead atoms. The SMILES string of the molecule is Cc1cc(I)c(OC(F)(F)F)nc1CO. The second-order valence-corrected chi connectivity index (χ2v) is 3.91. The van der Waals surface area contributed by atoms with Gasteiger partial charge in [0.05, 0.1) is 15.9 Å². The fourth-order valence-electron chi connectivity index (χ4n) is 0.941. The molecular formula is C8H7F3INO2. The number of halogens is 4. The van der Waals surface area contributed by atoms with Gasteiger partial charge in [0.1, 0.15) is 0 Å². The third kappa shape index (κ3) is 3.49. The van der Waals surface area contributed by atoms with Gasteiger partial charge in [-0.15, -0.1) is 13.2 Å². The summed E-state index contributed by atoms with van der Waals surface area (Å²) in [6.45, 7) is 1.23. The lowest BCUT2D eigenvalue weighted by Gasteiger charge is -2.11. The summed E-state index contributed by atoms with van der Waals surface area (Å²) in [5, 5.41) is 8.83. The van der Waals surface area contributed by atoms with E-state index in [1.165, 1.54) is 6.07 Å². The average molecular weight is 333 g/mol. The van der Waals surface area contributed by atoms with Crippen molar-refractivity contribution < 1.29 is 23.0 Å². The number of aromatic nitrogens is 1. The molecule has 0 amide bonds. The molecule has 0 aliphatic carbocycles. The first kappa shape index (κ1) is 12.5. The van der Waals surface area contributed by atoms with Gasteiger partial charge < -0.3 is 9.84 Å². The number of hydrogen-bond acceptors (Lipinski definition) is 3. The van der Waals surface area contributed by atoms with E-state index in [1.54, 1.807) is 29.5 Å². The standard InChI is InChI=1S/C8H7F3INO2/c1-4-2-5(12)7(13-6(4)3-14)15-8(9,10)11/h2,14H,3H2,1H3. The lowest BCUT2D eigenvalue weighted by Crippen LogP contribution is -2.19. The zero-order valence-electron chi connectivity index (χ0n) is 7.60. The Morgan fingerprint density at radius 1 is 1.53 bits per heavy atom. The molecule has 3 nitrogen and oxygen atoms in total. The monoisotopic (exact) mass is 333 g/mol. The Labute approximate surface area is 97.4 Å². The minimum Gasteiger partial charge on any atom is -0.390 e. The van der Waals surface area contributed by atoms with Crippen LogP contribution in [0, 0.1) is 10.5 Å². The second-order valence-electron chi connectivity index (χ2n) is 2.74. The largest absolute Gasteiger partial charge is 0.574 e. The molecule has 0 saturated heterocycles. The van der Waals surface area contributed by atoms with Gasteiger partial charge in [-0.05, 0) is 41.1 Å². The van der Waals surface area contributed by atoms with Gasteiger partial charge in [0.15, 0.2) is 0 Å². The number of alkyl halides is 3. The molecule has 1 rings (SSSR count). The molecule has 0 fully saturated rings. The molecule has 0 radical (unpaired) electrons. The Balaban J connectivity index is 3.08. The van der Waals surface area contributed by atoms with E-state index in [1.807, 2.05) is 0 Å². The van der Waals surface area contributed by atoms with Crippen LogP contribution in [-0.2, 0) is 6.61 Å². The van der Waals surface area contributed by atoms with Gasteiger partial charge in [0, 0.05) is 0 Å². The number of ether oxygens (including phenoxy) is 1. The van der Waals surface area contributed by atoms with Crippen molar-refractivity contribution >= 4 is 22.6 Å². The van der Waals surface area contributed by atoms with Gasteiger partial charge in [-0.1, -0.05) is 0 Å². The van der Waals surface area contributed by atoms with Gasteiger partial charge in [-0.2, -0.15) is 0 Å². The van der Waals surface area contributed by atoms with Crippen LogP contribution in [0.5, 0.6) is 5.88 Å². The Hall–Kier alpha value is -0.570. The molecule has 0 aromatic carbocycles. The normalized spacial score (nSPS) is 11.6. The summed E-state index contributed by atoms with van der Waals surface area (Å²) in [4.78, 5) is 3.58. The molecule has 0 aliphatic rings. The van der Waals surface area contributed by atoms with E-state index in [-0.39, 0.29) is 9.26 Å². The van der Waals surface area contributed by atoms with Crippen molar-refractivity contribution in [3.63, 3.8) is 0 Å². The second kappa shape index (κ2) is 4.52. The van der Waals surface area contributed by atoms with E-state index in [2.05, 4.69) is 9.72 Å². The Kier molecular flexibility index (Phi) is 3.77. The maximum absolute atomic E-state index is 11.9. The van der Waals surface area contributed by atoms with Crippen molar-refractivity contribution in [2.45, 2.75) is 19.9 Å². The lowest BCUT2D eigenvalue weighted by atomic mass is 10.2. The summed E-state index contributed by atoms with van der Waals surface area (Å²) in [6, 6.07) is 1.47. The molecule has 1 heterocycles. The number of aliphatic hydroxyl groups is 1. The van der Waals surface area contributed by atoms with Crippen molar-refractivity contribution in [2.75, 3.05) is 0 Å². The van der Waals surface area contributed by atoms with Crippen LogP contribution >= 0.6 is 22.6 Å². The Morgan fingerprint density at radius 2 is 2.13 bits per heavy atom. The predicted octanol–water partition coefficient (Wildman–Crippen LogP) is 2.39. The van der Waals surface area contributed by atoms with Crippen molar-refractivity contribution in [3.8, 4) is 5.88 Å². The number of nitrogens with zero attached hydrogens (tertiary/aromatic N) is 1. The minimum absolute atomic E-state index is 0.176. The first-order valence-electron chi connectivity index (χ1n) is 3.86. The summed E-state index contributed by atoms with van der Waals surface area (Å²) < 4.78 is 39.7. The fraction of sp³-hybridized carbons (Fsp3) is 0.375. The summed E-state index contributed by atoms with van der Waals surface area (Å²) in [5.74, 6) is -0.530. The number of aryl methyl sites for hydroxylation is 1.